The highest BCUT2D eigenvalue weighted by Gasteiger charge is 2.29. The number of nitrogens with zero attached hydrogens (tertiary/aromatic N) is 1. The van der Waals surface area contributed by atoms with Gasteiger partial charge in [-0.3, -0.25) is 14.9 Å². The molecule has 1 aromatic carbocycles. The molecule has 0 saturated carbocycles. The summed E-state index contributed by atoms with van der Waals surface area (Å²) in [6.45, 7) is 4.47. The van der Waals surface area contributed by atoms with Crippen LogP contribution in [0.2, 0.25) is 0 Å². The third kappa shape index (κ3) is 2.83. The average molecular weight is 305 g/mol. The van der Waals surface area contributed by atoms with Gasteiger partial charge in [0.25, 0.3) is 0 Å². The largest absolute Gasteiger partial charge is 0.364 e. The average Bonchev–Trinajstić information content (AvgIpc) is 2.48. The molecular weight excluding hydrogens is 285 g/mol. The summed E-state index contributed by atoms with van der Waals surface area (Å²) in [6.07, 6.45) is 0.738. The summed E-state index contributed by atoms with van der Waals surface area (Å²) in [5.41, 5.74) is 1.21. The quantitative estimate of drug-likeness (QED) is 0.805. The zero-order chi connectivity index (χ0) is 15.7. The van der Waals surface area contributed by atoms with Crippen LogP contribution in [-0.4, -0.2) is 37.5 Å². The van der Waals surface area contributed by atoms with E-state index in [9.17, 15) is 14.0 Å². The van der Waals surface area contributed by atoms with Crippen LogP contribution < -0.4 is 15.5 Å². The van der Waals surface area contributed by atoms with Crippen molar-refractivity contribution in [3.05, 3.63) is 29.6 Å². The Kier molecular flexibility index (Phi) is 4.11. The van der Waals surface area contributed by atoms with Gasteiger partial charge in [-0.05, 0) is 31.0 Å². The number of halogens is 1. The van der Waals surface area contributed by atoms with Gasteiger partial charge < -0.3 is 10.2 Å². The second kappa shape index (κ2) is 6.04. The highest BCUT2D eigenvalue weighted by atomic mass is 19.1. The maximum Gasteiger partial charge on any atom is 0.234 e. The minimum absolute atomic E-state index is 0.227. The monoisotopic (exact) mass is 305 g/mol. The van der Waals surface area contributed by atoms with Gasteiger partial charge in [0, 0.05) is 32.1 Å². The number of piperazine rings is 1. The fourth-order valence-electron chi connectivity index (χ4n) is 3.18. The van der Waals surface area contributed by atoms with Crippen LogP contribution in [0, 0.1) is 5.82 Å². The lowest BCUT2D eigenvalue weighted by Crippen LogP contribution is -2.50. The molecule has 5 nitrogen and oxygen atoms in total. The number of rotatable bonds is 2. The first-order valence-corrected chi connectivity index (χ1v) is 7.67. The first-order valence-electron chi connectivity index (χ1n) is 7.67. The summed E-state index contributed by atoms with van der Waals surface area (Å²) < 4.78 is 14.5. The summed E-state index contributed by atoms with van der Waals surface area (Å²) in [5.74, 6) is -1.34. The highest BCUT2D eigenvalue weighted by molar-refractivity contribution is 6.00. The topological polar surface area (TPSA) is 61.4 Å². The third-order valence-electron chi connectivity index (χ3n) is 4.42. The number of piperidine rings is 1. The summed E-state index contributed by atoms with van der Waals surface area (Å²) in [7, 11) is 0. The van der Waals surface area contributed by atoms with Crippen LogP contribution >= 0.6 is 0 Å². The fraction of sp³-hybridized carbons (Fsp3) is 0.500. The Morgan fingerprint density at radius 1 is 1.32 bits per heavy atom. The number of carbonyl (C=O) groups is 2. The Labute approximate surface area is 128 Å². The molecule has 2 amide bonds. The molecule has 118 valence electrons. The summed E-state index contributed by atoms with van der Waals surface area (Å²) in [4.78, 5) is 25.1. The van der Waals surface area contributed by atoms with Gasteiger partial charge >= 0.3 is 0 Å². The van der Waals surface area contributed by atoms with Gasteiger partial charge in [0.2, 0.25) is 11.8 Å². The van der Waals surface area contributed by atoms with E-state index >= 15 is 0 Å². The molecule has 0 radical (unpaired) electrons. The van der Waals surface area contributed by atoms with E-state index < -0.39 is 5.92 Å². The van der Waals surface area contributed by atoms with Crippen LogP contribution in [0.1, 0.15) is 31.2 Å². The van der Waals surface area contributed by atoms with E-state index in [1.807, 2.05) is 4.90 Å². The van der Waals surface area contributed by atoms with E-state index in [1.165, 1.54) is 6.07 Å². The van der Waals surface area contributed by atoms with Gasteiger partial charge in [0.05, 0.1) is 11.6 Å². The molecule has 3 rings (SSSR count). The molecule has 2 saturated heterocycles. The highest BCUT2D eigenvalue weighted by Crippen LogP contribution is 2.29. The fourth-order valence-corrected chi connectivity index (χ4v) is 3.18. The molecule has 6 heteroatoms. The van der Waals surface area contributed by atoms with E-state index in [4.69, 9.17) is 0 Å². The van der Waals surface area contributed by atoms with Gasteiger partial charge in [-0.2, -0.15) is 0 Å². The normalized spacial score (nSPS) is 26.0. The van der Waals surface area contributed by atoms with Crippen molar-refractivity contribution in [1.82, 2.24) is 10.6 Å². The molecule has 0 spiro atoms. The van der Waals surface area contributed by atoms with Crippen LogP contribution in [0.3, 0.4) is 0 Å². The van der Waals surface area contributed by atoms with Crippen molar-refractivity contribution >= 4 is 17.5 Å². The lowest BCUT2D eigenvalue weighted by atomic mass is 9.90. The number of imide groups is 1. The minimum atomic E-state index is -0.443. The zero-order valence-corrected chi connectivity index (χ0v) is 12.6. The second-order valence-electron chi connectivity index (χ2n) is 5.96. The number of benzene rings is 1. The van der Waals surface area contributed by atoms with Crippen molar-refractivity contribution in [3.63, 3.8) is 0 Å². The second-order valence-corrected chi connectivity index (χ2v) is 5.96. The van der Waals surface area contributed by atoms with E-state index in [0.717, 1.165) is 19.6 Å². The molecular formula is C16H20FN3O2. The molecule has 2 heterocycles. The Morgan fingerprint density at radius 3 is 2.82 bits per heavy atom. The van der Waals surface area contributed by atoms with Gasteiger partial charge in [0.15, 0.2) is 0 Å². The zero-order valence-electron chi connectivity index (χ0n) is 12.6. The Hall–Kier alpha value is -1.95. The SMILES string of the molecule is C[C@@H]1CNCCN1c1ccc(C2CCC(=O)NC2=O)cc1F. The number of carbonyl (C=O) groups excluding carboxylic acids is 2. The summed E-state index contributed by atoms with van der Waals surface area (Å²) in [5, 5.41) is 5.59. The maximum atomic E-state index is 14.5. The predicted octanol–water partition coefficient (Wildman–Crippen LogP) is 1.14. The third-order valence-corrected chi connectivity index (χ3v) is 4.42. The Morgan fingerprint density at radius 2 is 2.14 bits per heavy atom. The predicted molar refractivity (Wildman–Crippen MR) is 81.2 cm³/mol. The van der Waals surface area contributed by atoms with Crippen molar-refractivity contribution in [1.29, 1.82) is 0 Å². The first-order chi connectivity index (χ1) is 10.6. The van der Waals surface area contributed by atoms with E-state index in [2.05, 4.69) is 17.6 Å². The van der Waals surface area contributed by atoms with Crippen LogP contribution in [0.4, 0.5) is 10.1 Å². The van der Waals surface area contributed by atoms with Crippen molar-refractivity contribution in [2.75, 3.05) is 24.5 Å². The lowest BCUT2D eigenvalue weighted by Gasteiger charge is -2.36. The maximum absolute atomic E-state index is 14.5. The molecule has 0 bridgehead atoms. The van der Waals surface area contributed by atoms with Crippen LogP contribution in [0.25, 0.3) is 0 Å². The van der Waals surface area contributed by atoms with Gasteiger partial charge in [-0.15, -0.1) is 0 Å². The molecule has 0 aromatic heterocycles. The molecule has 22 heavy (non-hydrogen) atoms. The Bertz CT molecular complexity index is 605. The van der Waals surface area contributed by atoms with Crippen molar-refractivity contribution < 1.29 is 14.0 Å². The molecule has 2 N–H and O–H groups in total. The number of hydrogen-bond donors (Lipinski definition) is 2. The molecule has 2 atom stereocenters. The Balaban J connectivity index is 1.83. The van der Waals surface area contributed by atoms with Crippen molar-refractivity contribution in [2.45, 2.75) is 31.7 Å². The number of hydrogen-bond acceptors (Lipinski definition) is 4. The van der Waals surface area contributed by atoms with Gasteiger partial charge in [-0.25, -0.2) is 4.39 Å². The van der Waals surface area contributed by atoms with Crippen LogP contribution in [0.15, 0.2) is 18.2 Å². The molecule has 1 unspecified atom stereocenters. The molecule has 0 aliphatic carbocycles. The molecule has 2 aliphatic rings. The number of amides is 2. The molecule has 2 aliphatic heterocycles. The lowest BCUT2D eigenvalue weighted by molar-refractivity contribution is -0.134. The van der Waals surface area contributed by atoms with E-state index in [1.54, 1.807) is 12.1 Å². The summed E-state index contributed by atoms with van der Waals surface area (Å²) >= 11 is 0. The number of anilines is 1. The van der Waals surface area contributed by atoms with Gasteiger partial charge in [0.1, 0.15) is 5.82 Å². The first kappa shape index (κ1) is 15.0. The minimum Gasteiger partial charge on any atom is -0.364 e. The van der Waals surface area contributed by atoms with E-state index in [-0.39, 0.29) is 23.7 Å². The standard InChI is InChI=1S/C16H20FN3O2/c1-10-9-18-6-7-20(10)14-4-2-11(8-13(14)17)12-3-5-15(21)19-16(12)22/h2,4,8,10,12,18H,3,5-7,9H2,1H3,(H,19,21,22)/t10-,12?/m1/s1. The van der Waals surface area contributed by atoms with E-state index in [0.29, 0.717) is 24.1 Å². The van der Waals surface area contributed by atoms with Crippen molar-refractivity contribution in [2.24, 2.45) is 0 Å². The summed E-state index contributed by atoms with van der Waals surface area (Å²) in [6, 6.07) is 5.21. The van der Waals surface area contributed by atoms with Gasteiger partial charge in [-0.1, -0.05) is 6.07 Å². The molecule has 1 aromatic rings. The van der Waals surface area contributed by atoms with Crippen molar-refractivity contribution in [3.8, 4) is 0 Å². The van der Waals surface area contributed by atoms with Crippen LogP contribution in [0.5, 0.6) is 0 Å². The smallest absolute Gasteiger partial charge is 0.234 e. The number of nitrogens with one attached hydrogen (secondary N) is 2. The van der Waals surface area contributed by atoms with Crippen LogP contribution in [-0.2, 0) is 9.59 Å². The molecule has 2 fully saturated rings.